The number of halogens is 1. The summed E-state index contributed by atoms with van der Waals surface area (Å²) in [5.74, 6) is -1.82. The van der Waals surface area contributed by atoms with Crippen LogP contribution in [0, 0.1) is 5.82 Å². The van der Waals surface area contributed by atoms with E-state index in [1.165, 1.54) is 23.5 Å². The van der Waals surface area contributed by atoms with Gasteiger partial charge in [-0.2, -0.15) is 0 Å². The molecule has 0 unspecified atom stereocenters. The average Bonchev–Trinajstić information content (AvgIpc) is 3.36. The normalized spacial score (nSPS) is 10.8. The molecule has 2 heterocycles. The van der Waals surface area contributed by atoms with E-state index in [9.17, 15) is 14.0 Å². The molecular weight excluding hydrogens is 391 g/mol. The van der Waals surface area contributed by atoms with Crippen molar-refractivity contribution < 1.29 is 14.0 Å². The van der Waals surface area contributed by atoms with E-state index in [4.69, 9.17) is 0 Å². The van der Waals surface area contributed by atoms with Crippen LogP contribution >= 0.6 is 11.3 Å². The molecule has 4 aromatic rings. The zero-order valence-electron chi connectivity index (χ0n) is 15.2. The van der Waals surface area contributed by atoms with Crippen LogP contribution in [0.5, 0.6) is 0 Å². The number of anilines is 1. The number of thiazole rings is 1. The molecule has 0 aliphatic heterocycles. The predicted octanol–water partition coefficient (Wildman–Crippen LogP) is 3.73. The van der Waals surface area contributed by atoms with Gasteiger partial charge in [-0.05, 0) is 42.3 Å². The topological polar surface area (TPSA) is 86.9 Å². The molecule has 2 aromatic carbocycles. The van der Waals surface area contributed by atoms with Gasteiger partial charge in [-0.3, -0.25) is 14.9 Å². The van der Waals surface area contributed by atoms with Gasteiger partial charge in [-0.1, -0.05) is 18.2 Å². The van der Waals surface area contributed by atoms with E-state index in [2.05, 4.69) is 20.6 Å². The molecule has 29 heavy (non-hydrogen) atoms. The zero-order valence-corrected chi connectivity index (χ0v) is 16.1. The monoisotopic (exact) mass is 408 g/mol. The van der Waals surface area contributed by atoms with Gasteiger partial charge in [0.2, 0.25) is 0 Å². The highest BCUT2D eigenvalue weighted by molar-refractivity contribution is 7.14. The fourth-order valence-corrected chi connectivity index (χ4v) is 3.68. The second kappa shape index (κ2) is 8.24. The minimum Gasteiger partial charge on any atom is -0.361 e. The maximum absolute atomic E-state index is 13.0. The summed E-state index contributed by atoms with van der Waals surface area (Å²) in [6.45, 7) is 0.340. The fourth-order valence-electron chi connectivity index (χ4n) is 2.97. The number of carbonyl (C=O) groups is 2. The quantitative estimate of drug-likeness (QED) is 0.440. The molecule has 2 aromatic heterocycles. The Morgan fingerprint density at radius 2 is 1.86 bits per heavy atom. The lowest BCUT2D eigenvalue weighted by Crippen LogP contribution is -2.36. The molecule has 0 fully saturated rings. The summed E-state index contributed by atoms with van der Waals surface area (Å²) in [6.07, 6.45) is 2.51. The molecule has 0 aliphatic carbocycles. The molecule has 0 radical (unpaired) electrons. The molecular formula is C21H17FN4O2S. The summed E-state index contributed by atoms with van der Waals surface area (Å²) in [5.41, 5.74) is 3.44. The Kier molecular flexibility index (Phi) is 5.35. The van der Waals surface area contributed by atoms with Crippen molar-refractivity contribution >= 4 is 39.2 Å². The SMILES string of the molecule is O=C(NCCc1c[nH]c2ccccc12)C(=O)Nc1nc(-c2ccc(F)cc2)cs1. The van der Waals surface area contributed by atoms with Crippen LogP contribution in [0.1, 0.15) is 5.56 Å². The Balaban J connectivity index is 1.30. The van der Waals surface area contributed by atoms with E-state index < -0.39 is 11.8 Å². The van der Waals surface area contributed by atoms with Crippen LogP contribution < -0.4 is 10.6 Å². The number of H-pyrrole nitrogens is 1. The van der Waals surface area contributed by atoms with Crippen molar-refractivity contribution in [3.63, 3.8) is 0 Å². The highest BCUT2D eigenvalue weighted by atomic mass is 32.1. The van der Waals surface area contributed by atoms with Gasteiger partial charge in [-0.25, -0.2) is 9.37 Å². The number of rotatable bonds is 5. The number of hydrogen-bond donors (Lipinski definition) is 3. The van der Waals surface area contributed by atoms with Crippen LogP contribution in [0.25, 0.3) is 22.2 Å². The minimum absolute atomic E-state index is 0.307. The van der Waals surface area contributed by atoms with Crippen molar-refractivity contribution in [1.82, 2.24) is 15.3 Å². The average molecular weight is 408 g/mol. The maximum Gasteiger partial charge on any atom is 0.315 e. The van der Waals surface area contributed by atoms with Crippen molar-refractivity contribution in [2.24, 2.45) is 0 Å². The van der Waals surface area contributed by atoms with Crippen LogP contribution in [0.15, 0.2) is 60.1 Å². The third-order valence-corrected chi connectivity index (χ3v) is 5.18. The van der Waals surface area contributed by atoms with E-state index in [0.29, 0.717) is 23.8 Å². The Morgan fingerprint density at radius 3 is 2.69 bits per heavy atom. The number of carbonyl (C=O) groups excluding carboxylic acids is 2. The lowest BCUT2D eigenvalue weighted by molar-refractivity contribution is -0.136. The Morgan fingerprint density at radius 1 is 1.07 bits per heavy atom. The molecule has 8 heteroatoms. The summed E-state index contributed by atoms with van der Waals surface area (Å²) in [7, 11) is 0. The molecule has 6 nitrogen and oxygen atoms in total. The molecule has 0 spiro atoms. The number of para-hydroxylation sites is 1. The van der Waals surface area contributed by atoms with Gasteiger partial charge in [0.25, 0.3) is 0 Å². The first-order chi connectivity index (χ1) is 14.1. The molecule has 0 atom stereocenters. The fraction of sp³-hybridized carbons (Fsp3) is 0.0952. The van der Waals surface area contributed by atoms with Gasteiger partial charge in [0, 0.05) is 34.6 Å². The number of nitrogens with zero attached hydrogens (tertiary/aromatic N) is 1. The van der Waals surface area contributed by atoms with Gasteiger partial charge in [-0.15, -0.1) is 11.3 Å². The molecule has 146 valence electrons. The van der Waals surface area contributed by atoms with E-state index >= 15 is 0 Å². The third-order valence-electron chi connectivity index (χ3n) is 4.43. The Bertz CT molecular complexity index is 1170. The number of hydrogen-bond acceptors (Lipinski definition) is 4. The highest BCUT2D eigenvalue weighted by Gasteiger charge is 2.16. The summed E-state index contributed by atoms with van der Waals surface area (Å²) in [5, 5.41) is 8.25. The Hall–Kier alpha value is -3.52. The summed E-state index contributed by atoms with van der Waals surface area (Å²) in [4.78, 5) is 31.6. The first-order valence-corrected chi connectivity index (χ1v) is 9.84. The van der Waals surface area contributed by atoms with Gasteiger partial charge in [0.1, 0.15) is 5.82 Å². The molecule has 0 saturated heterocycles. The number of aromatic nitrogens is 2. The highest BCUT2D eigenvalue weighted by Crippen LogP contribution is 2.25. The lowest BCUT2D eigenvalue weighted by Gasteiger charge is -2.04. The minimum atomic E-state index is -0.774. The second-order valence-corrected chi connectivity index (χ2v) is 7.22. The summed E-state index contributed by atoms with van der Waals surface area (Å²) in [6, 6.07) is 13.8. The largest absolute Gasteiger partial charge is 0.361 e. The molecule has 4 rings (SSSR count). The van der Waals surface area contributed by atoms with Crippen molar-refractivity contribution in [2.45, 2.75) is 6.42 Å². The first kappa shape index (κ1) is 18.8. The van der Waals surface area contributed by atoms with Crippen LogP contribution in [0.3, 0.4) is 0 Å². The van der Waals surface area contributed by atoms with Crippen LogP contribution in [-0.4, -0.2) is 28.3 Å². The summed E-state index contributed by atoms with van der Waals surface area (Å²) < 4.78 is 13.0. The maximum atomic E-state index is 13.0. The number of benzene rings is 2. The van der Waals surface area contributed by atoms with Crippen molar-refractivity contribution in [1.29, 1.82) is 0 Å². The second-order valence-electron chi connectivity index (χ2n) is 6.36. The van der Waals surface area contributed by atoms with Crippen LogP contribution in [-0.2, 0) is 16.0 Å². The number of aromatic amines is 1. The van der Waals surface area contributed by atoms with Crippen molar-refractivity contribution in [3.8, 4) is 11.3 Å². The molecule has 0 bridgehead atoms. The Labute approximate surface area is 169 Å². The van der Waals surface area contributed by atoms with Crippen LogP contribution in [0.2, 0.25) is 0 Å². The molecule has 0 aliphatic rings. The third kappa shape index (κ3) is 4.33. The standard InChI is InChI=1S/C21H17FN4O2S/c22-15-7-5-13(6-8-15)18-12-29-21(25-18)26-20(28)19(27)23-10-9-14-11-24-17-4-2-1-3-16(14)17/h1-8,11-12,24H,9-10H2,(H,23,27)(H,25,26,28). The van der Waals surface area contributed by atoms with Gasteiger partial charge >= 0.3 is 11.8 Å². The first-order valence-electron chi connectivity index (χ1n) is 8.96. The molecule has 0 saturated carbocycles. The van der Waals surface area contributed by atoms with E-state index in [1.54, 1.807) is 17.5 Å². The number of fused-ring (bicyclic) bond motifs is 1. The van der Waals surface area contributed by atoms with Gasteiger partial charge < -0.3 is 10.3 Å². The van der Waals surface area contributed by atoms with E-state index in [1.807, 2.05) is 30.5 Å². The van der Waals surface area contributed by atoms with Crippen LogP contribution in [0.4, 0.5) is 9.52 Å². The van der Waals surface area contributed by atoms with E-state index in [0.717, 1.165) is 22.0 Å². The van der Waals surface area contributed by atoms with E-state index in [-0.39, 0.29) is 5.82 Å². The van der Waals surface area contributed by atoms with Gasteiger partial charge in [0.05, 0.1) is 5.69 Å². The summed E-state index contributed by atoms with van der Waals surface area (Å²) >= 11 is 1.20. The lowest BCUT2D eigenvalue weighted by atomic mass is 10.1. The van der Waals surface area contributed by atoms with Crippen molar-refractivity contribution in [3.05, 3.63) is 71.5 Å². The zero-order chi connectivity index (χ0) is 20.2. The number of amides is 2. The predicted molar refractivity (Wildman–Crippen MR) is 111 cm³/mol. The van der Waals surface area contributed by atoms with Gasteiger partial charge in [0.15, 0.2) is 5.13 Å². The smallest absolute Gasteiger partial charge is 0.315 e. The van der Waals surface area contributed by atoms with Crippen molar-refractivity contribution in [2.75, 3.05) is 11.9 Å². The molecule has 2 amide bonds. The number of nitrogens with one attached hydrogen (secondary N) is 3. The molecule has 3 N–H and O–H groups in total.